The minimum atomic E-state index is -0.0388. The van der Waals surface area contributed by atoms with Crippen molar-refractivity contribution in [2.45, 2.75) is 0 Å². The lowest BCUT2D eigenvalue weighted by atomic mass is 10.1. The number of nitrogens with zero attached hydrogens (tertiary/aromatic N) is 2. The van der Waals surface area contributed by atoms with E-state index < -0.39 is 0 Å². The van der Waals surface area contributed by atoms with Crippen molar-refractivity contribution in [3.8, 4) is 17.9 Å². The van der Waals surface area contributed by atoms with Gasteiger partial charge in [-0.2, -0.15) is 10.5 Å². The molecule has 0 saturated heterocycles. The molecule has 0 atom stereocenters. The van der Waals surface area contributed by atoms with Crippen LogP contribution in [0.1, 0.15) is 5.56 Å². The summed E-state index contributed by atoms with van der Waals surface area (Å²) in [5.74, 6) is 0.0182. The van der Waals surface area contributed by atoms with E-state index in [1.54, 1.807) is 18.2 Å². The lowest BCUT2D eigenvalue weighted by Crippen LogP contribution is -1.84. The van der Waals surface area contributed by atoms with E-state index in [1.165, 1.54) is 6.08 Å². The second-order valence-corrected chi connectivity index (χ2v) is 5.20. The van der Waals surface area contributed by atoms with Crippen molar-refractivity contribution in [2.75, 3.05) is 0 Å². The molecule has 0 radical (unpaired) electrons. The Labute approximate surface area is 117 Å². The highest BCUT2D eigenvalue weighted by molar-refractivity contribution is 9.11. The monoisotopic (exact) mass is 404 g/mol. The lowest BCUT2D eigenvalue weighted by Gasteiger charge is -2.06. The zero-order valence-corrected chi connectivity index (χ0v) is 12.4. The van der Waals surface area contributed by atoms with Crippen LogP contribution in [-0.2, 0) is 0 Å². The van der Waals surface area contributed by atoms with E-state index in [1.807, 2.05) is 0 Å². The number of benzene rings is 1. The maximum Gasteiger partial charge on any atom is 0.144 e. The highest BCUT2D eigenvalue weighted by Crippen LogP contribution is 2.40. The fourth-order valence-corrected chi connectivity index (χ4v) is 3.31. The molecule has 0 heterocycles. The molecule has 1 aromatic rings. The van der Waals surface area contributed by atoms with Gasteiger partial charge in [0.25, 0.3) is 0 Å². The Kier molecular flexibility index (Phi) is 4.55. The predicted molar refractivity (Wildman–Crippen MR) is 70.4 cm³/mol. The number of allylic oxidation sites excluding steroid dienone is 1. The molecule has 0 amide bonds. The minimum Gasteiger partial charge on any atom is -0.506 e. The van der Waals surface area contributed by atoms with Crippen LogP contribution in [0.4, 0.5) is 0 Å². The number of phenols is 1. The van der Waals surface area contributed by atoms with Gasteiger partial charge in [0.05, 0.1) is 8.95 Å². The van der Waals surface area contributed by atoms with Gasteiger partial charge in [-0.25, -0.2) is 0 Å². The van der Waals surface area contributed by atoms with Gasteiger partial charge in [0.2, 0.25) is 0 Å². The summed E-state index contributed by atoms with van der Waals surface area (Å²) in [5, 5.41) is 27.0. The van der Waals surface area contributed by atoms with Crippen LogP contribution in [0.3, 0.4) is 0 Å². The second-order valence-electron chi connectivity index (χ2n) is 2.70. The Bertz CT molecular complexity index is 537. The van der Waals surface area contributed by atoms with Gasteiger partial charge in [0, 0.05) is 10.0 Å². The molecule has 1 N–H and O–H groups in total. The molecule has 0 fully saturated rings. The van der Waals surface area contributed by atoms with E-state index in [4.69, 9.17) is 10.5 Å². The summed E-state index contributed by atoms with van der Waals surface area (Å²) in [6, 6.07) is 5.14. The molecule has 0 aliphatic heterocycles. The molecule has 1 rings (SSSR count). The van der Waals surface area contributed by atoms with Gasteiger partial charge in [-0.3, -0.25) is 0 Å². The van der Waals surface area contributed by atoms with E-state index in [0.29, 0.717) is 19.0 Å². The van der Waals surface area contributed by atoms with Crippen molar-refractivity contribution in [1.29, 1.82) is 10.5 Å². The summed E-state index contributed by atoms with van der Waals surface area (Å²) in [6.07, 6.45) is 1.39. The van der Waals surface area contributed by atoms with Crippen LogP contribution in [0.15, 0.2) is 25.1 Å². The van der Waals surface area contributed by atoms with Crippen LogP contribution in [0, 0.1) is 22.7 Å². The Morgan fingerprint density at radius 1 is 1.19 bits per heavy atom. The van der Waals surface area contributed by atoms with Crippen LogP contribution < -0.4 is 0 Å². The fraction of sp³-hybridized carbons (Fsp3) is 0. The average Bonchev–Trinajstić information content (AvgIpc) is 2.27. The number of rotatable bonds is 1. The fourth-order valence-electron chi connectivity index (χ4n) is 0.961. The third-order valence-corrected chi connectivity index (χ3v) is 3.77. The van der Waals surface area contributed by atoms with Crippen molar-refractivity contribution in [1.82, 2.24) is 0 Å². The zero-order chi connectivity index (χ0) is 12.3. The highest BCUT2D eigenvalue weighted by atomic mass is 79.9. The van der Waals surface area contributed by atoms with Gasteiger partial charge in [-0.1, -0.05) is 15.9 Å². The number of hydrogen-bond acceptors (Lipinski definition) is 3. The largest absolute Gasteiger partial charge is 0.506 e. The zero-order valence-electron chi connectivity index (χ0n) is 7.63. The molecule has 80 valence electrons. The van der Waals surface area contributed by atoms with Crippen LogP contribution in [-0.4, -0.2) is 5.11 Å². The summed E-state index contributed by atoms with van der Waals surface area (Å²) < 4.78 is 1.59. The Morgan fingerprint density at radius 3 is 2.25 bits per heavy atom. The Hall–Kier alpha value is -0.820. The van der Waals surface area contributed by atoms with E-state index in [0.717, 1.165) is 0 Å². The first-order chi connectivity index (χ1) is 7.51. The van der Waals surface area contributed by atoms with E-state index in [2.05, 4.69) is 47.8 Å². The predicted octanol–water partition coefficient (Wildman–Crippen LogP) is 4.11. The van der Waals surface area contributed by atoms with Gasteiger partial charge < -0.3 is 5.11 Å². The molecule has 6 heteroatoms. The van der Waals surface area contributed by atoms with Crippen molar-refractivity contribution in [2.24, 2.45) is 0 Å². The van der Waals surface area contributed by atoms with Crippen LogP contribution in [0.2, 0.25) is 0 Å². The first kappa shape index (κ1) is 13.2. The smallest absolute Gasteiger partial charge is 0.144 e. The molecule has 0 bridgehead atoms. The number of aromatic hydroxyl groups is 1. The van der Waals surface area contributed by atoms with Gasteiger partial charge in [-0.15, -0.1) is 0 Å². The molecule has 16 heavy (non-hydrogen) atoms. The first-order valence-corrected chi connectivity index (χ1v) is 6.27. The summed E-state index contributed by atoms with van der Waals surface area (Å²) in [6.45, 7) is 0. The van der Waals surface area contributed by atoms with Crippen molar-refractivity contribution in [3.63, 3.8) is 0 Å². The maximum absolute atomic E-state index is 9.66. The minimum absolute atomic E-state index is 0.0182. The summed E-state index contributed by atoms with van der Waals surface area (Å²) in [7, 11) is 0. The summed E-state index contributed by atoms with van der Waals surface area (Å²) >= 11 is 9.65. The van der Waals surface area contributed by atoms with Crippen molar-refractivity contribution >= 4 is 53.9 Å². The van der Waals surface area contributed by atoms with E-state index in [-0.39, 0.29) is 11.3 Å². The maximum atomic E-state index is 9.66. The molecule has 0 aromatic heterocycles. The molecule has 0 spiro atoms. The molecule has 0 saturated carbocycles. The average molecular weight is 407 g/mol. The van der Waals surface area contributed by atoms with Gasteiger partial charge in [-0.05, 0) is 44.0 Å². The standard InChI is InChI=1S/C10H3Br3N2O/c11-7-2-8(12)10(16)9(13)6(7)1-5(3-14)4-15/h1-2,16H. The summed E-state index contributed by atoms with van der Waals surface area (Å²) in [5.41, 5.74) is 0.502. The third kappa shape index (κ3) is 2.65. The van der Waals surface area contributed by atoms with Crippen molar-refractivity contribution < 1.29 is 5.11 Å². The molecule has 0 aliphatic rings. The van der Waals surface area contributed by atoms with Crippen LogP contribution in [0.25, 0.3) is 6.08 Å². The SMILES string of the molecule is N#CC(C#N)=Cc1c(Br)cc(Br)c(O)c1Br. The Balaban J connectivity index is 3.49. The second kappa shape index (κ2) is 5.49. The van der Waals surface area contributed by atoms with E-state index >= 15 is 0 Å². The highest BCUT2D eigenvalue weighted by Gasteiger charge is 2.12. The van der Waals surface area contributed by atoms with Crippen LogP contribution in [0.5, 0.6) is 5.75 Å². The summed E-state index contributed by atoms with van der Waals surface area (Å²) in [4.78, 5) is 0. The number of halogens is 3. The van der Waals surface area contributed by atoms with Crippen molar-refractivity contribution in [3.05, 3.63) is 30.6 Å². The quantitative estimate of drug-likeness (QED) is 0.713. The lowest BCUT2D eigenvalue weighted by molar-refractivity contribution is 0.468. The molecule has 0 aliphatic carbocycles. The normalized spacial score (nSPS) is 9.06. The molecule has 1 aromatic carbocycles. The number of nitriles is 2. The molecular formula is C10H3Br3N2O. The number of hydrogen-bond donors (Lipinski definition) is 1. The molecular weight excluding hydrogens is 404 g/mol. The van der Waals surface area contributed by atoms with Crippen LogP contribution >= 0.6 is 47.8 Å². The van der Waals surface area contributed by atoms with E-state index in [9.17, 15) is 5.11 Å². The third-order valence-electron chi connectivity index (χ3n) is 1.71. The molecule has 0 unspecified atom stereocenters. The van der Waals surface area contributed by atoms with Gasteiger partial charge in [0.15, 0.2) is 0 Å². The molecule has 3 nitrogen and oxygen atoms in total. The number of phenolic OH excluding ortho intramolecular Hbond substituents is 1. The van der Waals surface area contributed by atoms with Gasteiger partial charge >= 0.3 is 0 Å². The first-order valence-electron chi connectivity index (χ1n) is 3.89. The van der Waals surface area contributed by atoms with Gasteiger partial charge in [0.1, 0.15) is 23.5 Å². The Morgan fingerprint density at radius 2 is 1.75 bits per heavy atom. The topological polar surface area (TPSA) is 67.8 Å².